The zero-order valence-electron chi connectivity index (χ0n) is 12.5. The molecular formula is C15H18LiO2P. The molecule has 0 saturated carbocycles. The molecule has 2 aromatic rings. The second-order valence-corrected chi connectivity index (χ2v) is 7.09. The van der Waals surface area contributed by atoms with Crippen molar-refractivity contribution in [2.75, 3.05) is 19.9 Å². The summed E-state index contributed by atoms with van der Waals surface area (Å²) in [4.78, 5) is 0. The summed E-state index contributed by atoms with van der Waals surface area (Å²) in [6.07, 6.45) is 0.539. The number of ether oxygens (including phenoxy) is 1. The summed E-state index contributed by atoms with van der Waals surface area (Å²) >= 11 is 0. The van der Waals surface area contributed by atoms with Gasteiger partial charge < -0.3 is 10.7 Å². The molecule has 0 saturated heterocycles. The average molecular weight is 268 g/mol. The Hall–Kier alpha value is -0.773. The minimum Gasteiger partial charge on any atom is -1.00 e. The van der Waals surface area contributed by atoms with Crippen LogP contribution in [0, 0.1) is 0 Å². The van der Waals surface area contributed by atoms with E-state index in [-0.39, 0.29) is 20.3 Å². The molecule has 0 bridgehead atoms. The Kier molecular flexibility index (Phi) is 6.62. The Morgan fingerprint density at radius 1 is 0.947 bits per heavy atom. The molecular weight excluding hydrogens is 250 g/mol. The van der Waals surface area contributed by atoms with Gasteiger partial charge in [-0.1, -0.05) is 60.7 Å². The predicted octanol–water partition coefficient (Wildman–Crippen LogP) is -0.237. The van der Waals surface area contributed by atoms with Crippen LogP contribution >= 0.6 is 7.14 Å². The van der Waals surface area contributed by atoms with E-state index in [1.54, 1.807) is 7.11 Å². The van der Waals surface area contributed by atoms with Crippen molar-refractivity contribution in [1.82, 2.24) is 0 Å². The first-order valence-electron chi connectivity index (χ1n) is 5.96. The van der Waals surface area contributed by atoms with Gasteiger partial charge >= 0.3 is 18.9 Å². The minimum absolute atomic E-state index is 0. The maximum atomic E-state index is 13.3. The van der Waals surface area contributed by atoms with Crippen molar-refractivity contribution < 1.29 is 29.6 Å². The van der Waals surface area contributed by atoms with Gasteiger partial charge in [-0.3, -0.25) is 0 Å². The molecule has 0 atom stereocenters. The van der Waals surface area contributed by atoms with E-state index in [1.165, 1.54) is 0 Å². The van der Waals surface area contributed by atoms with E-state index in [9.17, 15) is 4.57 Å². The number of benzene rings is 2. The van der Waals surface area contributed by atoms with Gasteiger partial charge in [-0.15, -0.1) is 0 Å². The van der Waals surface area contributed by atoms with Crippen LogP contribution in [0.5, 0.6) is 0 Å². The monoisotopic (exact) mass is 268 g/mol. The largest absolute Gasteiger partial charge is 1.00 e. The quantitative estimate of drug-likeness (QED) is 0.553. The average Bonchev–Trinajstić information content (AvgIpc) is 2.46. The summed E-state index contributed by atoms with van der Waals surface area (Å²) in [5, 5.41) is 1.79. The van der Waals surface area contributed by atoms with Crippen LogP contribution < -0.4 is 29.5 Å². The van der Waals surface area contributed by atoms with Crippen LogP contribution in [0.2, 0.25) is 0 Å². The van der Waals surface area contributed by atoms with Crippen LogP contribution in [0.25, 0.3) is 0 Å². The van der Waals surface area contributed by atoms with Gasteiger partial charge in [0, 0.05) is 23.9 Å². The van der Waals surface area contributed by atoms with E-state index in [0.717, 1.165) is 10.6 Å². The predicted molar refractivity (Wildman–Crippen MR) is 77.6 cm³/mol. The fraction of sp³-hybridized carbons (Fsp3) is 0.200. The second-order valence-electron chi connectivity index (χ2n) is 4.13. The number of rotatable bonds is 5. The molecule has 0 aromatic heterocycles. The maximum Gasteiger partial charge on any atom is 1.00 e. The molecule has 0 fully saturated rings. The van der Waals surface area contributed by atoms with Crippen molar-refractivity contribution >= 4 is 17.8 Å². The summed E-state index contributed by atoms with van der Waals surface area (Å²) in [7, 11) is -0.926. The number of methoxy groups -OCH3 is 1. The van der Waals surface area contributed by atoms with Gasteiger partial charge in [0.1, 0.15) is 7.14 Å². The Balaban J connectivity index is 0.00000180. The molecule has 0 N–H and O–H groups in total. The van der Waals surface area contributed by atoms with Crippen LogP contribution in [0.1, 0.15) is 1.43 Å². The Morgan fingerprint density at radius 3 is 1.74 bits per heavy atom. The van der Waals surface area contributed by atoms with E-state index in [4.69, 9.17) is 4.74 Å². The van der Waals surface area contributed by atoms with E-state index >= 15 is 0 Å². The molecule has 0 aliphatic heterocycles. The third-order valence-electron chi connectivity index (χ3n) is 2.96. The SMILES string of the molecule is COCCP(=O)(c1ccccc1)c1ccccc1.[H-].[Li+]. The van der Waals surface area contributed by atoms with Crippen molar-refractivity contribution in [1.29, 1.82) is 0 Å². The summed E-state index contributed by atoms with van der Waals surface area (Å²) in [6.45, 7) is 0.501. The van der Waals surface area contributed by atoms with Crippen LogP contribution in [-0.4, -0.2) is 19.9 Å². The molecule has 4 heteroatoms. The summed E-state index contributed by atoms with van der Waals surface area (Å²) in [5.41, 5.74) is 0. The maximum absolute atomic E-state index is 13.3. The van der Waals surface area contributed by atoms with Gasteiger partial charge in [0.05, 0.1) is 6.61 Å². The zero-order valence-corrected chi connectivity index (χ0v) is 12.3. The third-order valence-corrected chi connectivity index (χ3v) is 6.03. The number of hydrogen-bond acceptors (Lipinski definition) is 2. The molecule has 96 valence electrons. The molecule has 0 unspecified atom stereocenters. The smallest absolute Gasteiger partial charge is 1.00 e. The fourth-order valence-corrected chi connectivity index (χ4v) is 4.53. The summed E-state index contributed by atoms with van der Waals surface area (Å²) in [5.74, 6) is 0. The Labute approximate surface area is 128 Å². The van der Waals surface area contributed by atoms with E-state index in [0.29, 0.717) is 12.8 Å². The van der Waals surface area contributed by atoms with Gasteiger partial charge in [-0.2, -0.15) is 0 Å². The normalized spacial score (nSPS) is 10.8. The van der Waals surface area contributed by atoms with E-state index in [1.807, 2.05) is 60.7 Å². The number of hydrogen-bond donors (Lipinski definition) is 0. The van der Waals surface area contributed by atoms with E-state index < -0.39 is 7.14 Å². The first kappa shape index (κ1) is 16.3. The second kappa shape index (κ2) is 7.73. The van der Waals surface area contributed by atoms with Crippen LogP contribution in [0.15, 0.2) is 60.7 Å². The molecule has 19 heavy (non-hydrogen) atoms. The standard InChI is InChI=1S/C15H17O2P.Li.H/c1-17-12-13-18(16,14-8-4-2-5-9-14)15-10-6-3-7-11-15;;/h2-11H,12-13H2,1H3;;/q;+1;-1. The van der Waals surface area contributed by atoms with Gasteiger partial charge in [0.25, 0.3) is 0 Å². The van der Waals surface area contributed by atoms with Crippen LogP contribution in [-0.2, 0) is 9.30 Å². The topological polar surface area (TPSA) is 26.3 Å². The van der Waals surface area contributed by atoms with Crippen molar-refractivity contribution in [3.8, 4) is 0 Å². The van der Waals surface area contributed by atoms with Crippen LogP contribution in [0.3, 0.4) is 0 Å². The molecule has 2 nitrogen and oxygen atoms in total. The van der Waals surface area contributed by atoms with E-state index in [2.05, 4.69) is 0 Å². The van der Waals surface area contributed by atoms with Gasteiger partial charge in [-0.25, -0.2) is 0 Å². The Morgan fingerprint density at radius 2 is 1.37 bits per heavy atom. The van der Waals surface area contributed by atoms with Gasteiger partial charge in [0.15, 0.2) is 0 Å². The van der Waals surface area contributed by atoms with Gasteiger partial charge in [0.2, 0.25) is 0 Å². The molecule has 0 heterocycles. The molecule has 0 aliphatic rings. The van der Waals surface area contributed by atoms with Crippen LogP contribution in [0.4, 0.5) is 0 Å². The molecule has 2 rings (SSSR count). The van der Waals surface area contributed by atoms with Gasteiger partial charge in [-0.05, 0) is 0 Å². The van der Waals surface area contributed by atoms with Crippen molar-refractivity contribution in [2.45, 2.75) is 0 Å². The first-order valence-corrected chi connectivity index (χ1v) is 7.86. The molecule has 0 aliphatic carbocycles. The first-order chi connectivity index (χ1) is 8.77. The Bertz CT molecular complexity index is 491. The summed E-state index contributed by atoms with van der Waals surface area (Å²) in [6, 6.07) is 19.3. The summed E-state index contributed by atoms with van der Waals surface area (Å²) < 4.78 is 18.4. The fourth-order valence-electron chi connectivity index (χ4n) is 1.96. The molecule has 0 radical (unpaired) electrons. The van der Waals surface area contributed by atoms with Crippen molar-refractivity contribution in [3.05, 3.63) is 60.7 Å². The molecule has 2 aromatic carbocycles. The molecule has 0 amide bonds. The molecule has 0 spiro atoms. The minimum atomic E-state index is -2.57. The third kappa shape index (κ3) is 3.85. The van der Waals surface area contributed by atoms with Crippen molar-refractivity contribution in [2.24, 2.45) is 0 Å². The van der Waals surface area contributed by atoms with Crippen molar-refractivity contribution in [3.63, 3.8) is 0 Å². The zero-order chi connectivity index (χ0) is 12.8.